The van der Waals surface area contributed by atoms with Gasteiger partial charge in [-0.05, 0) is 7.05 Å². The molecular weight excluding hydrogens is 214 g/mol. The van der Waals surface area contributed by atoms with Crippen LogP contribution in [0.15, 0.2) is 0 Å². The summed E-state index contributed by atoms with van der Waals surface area (Å²) >= 11 is 0. The van der Waals surface area contributed by atoms with Gasteiger partial charge in [0.1, 0.15) is 0 Å². The van der Waals surface area contributed by atoms with Gasteiger partial charge in [-0.1, -0.05) is 0 Å². The molecule has 0 bridgehead atoms. The van der Waals surface area contributed by atoms with Crippen LogP contribution in [-0.4, -0.2) is 31.0 Å². The SMILES string of the molecule is CNCc1nn(C)c2c1CS(=O)(=O)CC2. The monoisotopic (exact) mass is 229 g/mol. The Kier molecular flexibility index (Phi) is 2.56. The Labute approximate surface area is 89.4 Å². The van der Waals surface area contributed by atoms with Gasteiger partial charge in [0.15, 0.2) is 9.84 Å². The molecule has 1 aliphatic rings. The molecule has 1 N–H and O–H groups in total. The molecule has 0 spiro atoms. The molecule has 0 aromatic carbocycles. The van der Waals surface area contributed by atoms with Gasteiger partial charge in [0, 0.05) is 31.3 Å². The summed E-state index contributed by atoms with van der Waals surface area (Å²) in [6.45, 7) is 0.624. The average Bonchev–Trinajstić information content (AvgIpc) is 2.42. The second-order valence-corrected chi connectivity index (χ2v) is 6.05. The number of nitrogens with one attached hydrogen (secondary N) is 1. The van der Waals surface area contributed by atoms with E-state index in [0.717, 1.165) is 17.0 Å². The van der Waals surface area contributed by atoms with Crippen molar-refractivity contribution in [1.82, 2.24) is 15.1 Å². The predicted octanol–water partition coefficient (Wildman–Crippen LogP) is -0.390. The molecule has 5 nitrogen and oxygen atoms in total. The van der Waals surface area contributed by atoms with E-state index in [4.69, 9.17) is 0 Å². The van der Waals surface area contributed by atoms with Crippen LogP contribution in [0.25, 0.3) is 0 Å². The fourth-order valence-corrected chi connectivity index (χ4v) is 3.42. The van der Waals surface area contributed by atoms with Crippen molar-refractivity contribution in [2.45, 2.75) is 18.7 Å². The Hall–Kier alpha value is -0.880. The van der Waals surface area contributed by atoms with Gasteiger partial charge in [-0.3, -0.25) is 4.68 Å². The van der Waals surface area contributed by atoms with Crippen LogP contribution in [-0.2, 0) is 35.6 Å². The molecule has 0 saturated heterocycles. The summed E-state index contributed by atoms with van der Waals surface area (Å²) in [5.74, 6) is 0.395. The molecule has 2 rings (SSSR count). The highest BCUT2D eigenvalue weighted by atomic mass is 32.2. The first-order valence-corrected chi connectivity index (χ1v) is 6.74. The van der Waals surface area contributed by atoms with Crippen molar-refractivity contribution < 1.29 is 8.42 Å². The molecule has 0 radical (unpaired) electrons. The van der Waals surface area contributed by atoms with Crippen LogP contribution in [0.3, 0.4) is 0 Å². The highest BCUT2D eigenvalue weighted by Gasteiger charge is 2.27. The summed E-state index contributed by atoms with van der Waals surface area (Å²) in [6, 6.07) is 0. The van der Waals surface area contributed by atoms with Crippen LogP contribution >= 0.6 is 0 Å². The minimum absolute atomic E-state index is 0.146. The van der Waals surface area contributed by atoms with E-state index in [1.165, 1.54) is 0 Å². The van der Waals surface area contributed by atoms with E-state index in [1.807, 2.05) is 14.1 Å². The highest BCUT2D eigenvalue weighted by molar-refractivity contribution is 7.90. The average molecular weight is 229 g/mol. The van der Waals surface area contributed by atoms with Crippen LogP contribution in [0, 0.1) is 0 Å². The van der Waals surface area contributed by atoms with Gasteiger partial charge >= 0.3 is 0 Å². The van der Waals surface area contributed by atoms with Crippen LogP contribution in [0.4, 0.5) is 0 Å². The molecule has 0 atom stereocenters. The molecule has 2 heterocycles. The minimum Gasteiger partial charge on any atom is -0.314 e. The first-order chi connectivity index (χ1) is 7.03. The lowest BCUT2D eigenvalue weighted by Crippen LogP contribution is -2.21. The van der Waals surface area contributed by atoms with Gasteiger partial charge in [0.05, 0.1) is 17.2 Å². The topological polar surface area (TPSA) is 64.0 Å². The number of fused-ring (bicyclic) bond motifs is 1. The summed E-state index contributed by atoms with van der Waals surface area (Å²) < 4.78 is 24.8. The Balaban J connectivity index is 2.46. The van der Waals surface area contributed by atoms with Crippen LogP contribution in [0.2, 0.25) is 0 Å². The third kappa shape index (κ3) is 1.91. The molecule has 0 fully saturated rings. The number of rotatable bonds is 2. The largest absolute Gasteiger partial charge is 0.314 e. The molecule has 0 amide bonds. The van der Waals surface area contributed by atoms with E-state index in [0.29, 0.717) is 13.0 Å². The van der Waals surface area contributed by atoms with Gasteiger partial charge < -0.3 is 5.32 Å². The Morgan fingerprint density at radius 3 is 2.93 bits per heavy atom. The molecule has 84 valence electrons. The normalized spacial score (nSPS) is 18.8. The molecule has 1 aliphatic heterocycles. The smallest absolute Gasteiger partial charge is 0.154 e. The number of sulfone groups is 1. The van der Waals surface area contributed by atoms with Crippen LogP contribution in [0.5, 0.6) is 0 Å². The van der Waals surface area contributed by atoms with E-state index in [-0.39, 0.29) is 11.5 Å². The van der Waals surface area contributed by atoms with E-state index >= 15 is 0 Å². The van der Waals surface area contributed by atoms with E-state index < -0.39 is 9.84 Å². The van der Waals surface area contributed by atoms with Crippen molar-refractivity contribution >= 4 is 9.84 Å². The van der Waals surface area contributed by atoms with Crippen molar-refractivity contribution in [1.29, 1.82) is 0 Å². The Morgan fingerprint density at radius 2 is 2.27 bits per heavy atom. The van der Waals surface area contributed by atoms with E-state index in [1.54, 1.807) is 4.68 Å². The molecule has 1 aromatic heterocycles. The number of nitrogens with zero attached hydrogens (tertiary/aromatic N) is 2. The second-order valence-electron chi connectivity index (χ2n) is 3.87. The summed E-state index contributed by atoms with van der Waals surface area (Å²) in [5, 5.41) is 7.34. The van der Waals surface area contributed by atoms with Gasteiger partial charge in [-0.25, -0.2) is 8.42 Å². The lowest BCUT2D eigenvalue weighted by atomic mass is 10.1. The highest BCUT2D eigenvalue weighted by Crippen LogP contribution is 2.23. The summed E-state index contributed by atoms with van der Waals surface area (Å²) in [7, 11) is 0.798. The maximum atomic E-state index is 11.5. The third-order valence-electron chi connectivity index (χ3n) is 2.72. The number of aromatic nitrogens is 2. The fourth-order valence-electron chi connectivity index (χ4n) is 2.00. The van der Waals surface area contributed by atoms with Gasteiger partial charge in [0.25, 0.3) is 0 Å². The number of aryl methyl sites for hydroxylation is 1. The Morgan fingerprint density at radius 1 is 1.53 bits per heavy atom. The molecular formula is C9H15N3O2S. The van der Waals surface area contributed by atoms with Gasteiger partial charge in [-0.15, -0.1) is 0 Å². The maximum absolute atomic E-state index is 11.5. The standard InChI is InChI=1S/C9H15N3O2S/c1-10-5-8-7-6-15(13,14)4-3-9(7)12(2)11-8/h10H,3-6H2,1-2H3. The van der Waals surface area contributed by atoms with E-state index in [9.17, 15) is 8.42 Å². The lowest BCUT2D eigenvalue weighted by Gasteiger charge is -2.13. The van der Waals surface area contributed by atoms with Crippen molar-refractivity contribution in [2.24, 2.45) is 7.05 Å². The molecule has 0 saturated carbocycles. The number of hydrogen-bond acceptors (Lipinski definition) is 4. The minimum atomic E-state index is -2.90. The summed E-state index contributed by atoms with van der Waals surface area (Å²) in [6.07, 6.45) is 0.588. The first kappa shape index (κ1) is 10.6. The van der Waals surface area contributed by atoms with Crippen LogP contribution in [0.1, 0.15) is 17.0 Å². The van der Waals surface area contributed by atoms with Crippen molar-refractivity contribution in [3.8, 4) is 0 Å². The van der Waals surface area contributed by atoms with Crippen molar-refractivity contribution in [3.63, 3.8) is 0 Å². The fraction of sp³-hybridized carbons (Fsp3) is 0.667. The molecule has 0 aliphatic carbocycles. The number of hydrogen-bond donors (Lipinski definition) is 1. The molecule has 0 unspecified atom stereocenters. The first-order valence-electron chi connectivity index (χ1n) is 4.92. The summed E-state index contributed by atoms with van der Waals surface area (Å²) in [4.78, 5) is 0. The molecule has 1 aromatic rings. The zero-order valence-electron chi connectivity index (χ0n) is 8.95. The van der Waals surface area contributed by atoms with Crippen molar-refractivity contribution in [3.05, 3.63) is 17.0 Å². The third-order valence-corrected chi connectivity index (χ3v) is 4.27. The second kappa shape index (κ2) is 3.61. The molecule has 15 heavy (non-hydrogen) atoms. The zero-order chi connectivity index (χ0) is 11.1. The Bertz CT molecular complexity index is 476. The molecule has 6 heteroatoms. The quantitative estimate of drug-likeness (QED) is 0.750. The van der Waals surface area contributed by atoms with Gasteiger partial charge in [-0.2, -0.15) is 5.10 Å². The van der Waals surface area contributed by atoms with Crippen LogP contribution < -0.4 is 5.32 Å². The maximum Gasteiger partial charge on any atom is 0.154 e. The van der Waals surface area contributed by atoms with Gasteiger partial charge in [0.2, 0.25) is 0 Å². The van der Waals surface area contributed by atoms with E-state index in [2.05, 4.69) is 10.4 Å². The van der Waals surface area contributed by atoms with Crippen molar-refractivity contribution in [2.75, 3.05) is 12.8 Å². The zero-order valence-corrected chi connectivity index (χ0v) is 9.76. The lowest BCUT2D eigenvalue weighted by molar-refractivity contribution is 0.589. The summed E-state index contributed by atoms with van der Waals surface area (Å²) in [5.41, 5.74) is 2.83. The predicted molar refractivity (Wildman–Crippen MR) is 57.2 cm³/mol.